The van der Waals surface area contributed by atoms with E-state index in [9.17, 15) is 4.79 Å². The predicted molar refractivity (Wildman–Crippen MR) is 53.3 cm³/mol. The van der Waals surface area contributed by atoms with Gasteiger partial charge in [0.2, 0.25) is 0 Å². The van der Waals surface area contributed by atoms with E-state index in [2.05, 4.69) is 12.2 Å². The van der Waals surface area contributed by atoms with E-state index >= 15 is 0 Å². The van der Waals surface area contributed by atoms with Gasteiger partial charge in [-0.15, -0.1) is 0 Å². The summed E-state index contributed by atoms with van der Waals surface area (Å²) >= 11 is 0. The van der Waals surface area contributed by atoms with Crippen molar-refractivity contribution in [2.24, 2.45) is 0 Å². The zero-order valence-electron chi connectivity index (χ0n) is 8.66. The molecule has 0 radical (unpaired) electrons. The predicted octanol–water partition coefficient (Wildman–Crippen LogP) is 1.01. The van der Waals surface area contributed by atoms with E-state index in [0.29, 0.717) is 6.61 Å². The number of ether oxygens (including phenoxy) is 1. The number of rotatable bonds is 5. The van der Waals surface area contributed by atoms with Gasteiger partial charge in [-0.1, -0.05) is 6.92 Å². The smallest absolute Gasteiger partial charge is 0.320 e. The minimum absolute atomic E-state index is 0.219. The van der Waals surface area contributed by atoms with Crippen LogP contribution in [0.3, 0.4) is 0 Å². The summed E-state index contributed by atoms with van der Waals surface area (Å²) in [5, 5.41) is 11.9. The zero-order valence-corrected chi connectivity index (χ0v) is 8.66. The Morgan fingerprint density at radius 3 is 3.00 bits per heavy atom. The van der Waals surface area contributed by atoms with Crippen LogP contribution in [0.1, 0.15) is 32.6 Å². The van der Waals surface area contributed by atoms with E-state index in [4.69, 9.17) is 9.84 Å². The van der Waals surface area contributed by atoms with Gasteiger partial charge in [0.15, 0.2) is 0 Å². The molecule has 0 amide bonds. The Kier molecular flexibility index (Phi) is 4.90. The SMILES string of the molecule is CCCOCC1CCCC(C(=O)O)N1. The molecular weight excluding hydrogens is 182 g/mol. The number of carboxylic acid groups (broad SMARTS) is 1. The van der Waals surface area contributed by atoms with Crippen LogP contribution in [0.4, 0.5) is 0 Å². The first-order valence-electron chi connectivity index (χ1n) is 5.30. The molecule has 82 valence electrons. The molecule has 2 atom stereocenters. The Morgan fingerprint density at radius 1 is 1.57 bits per heavy atom. The van der Waals surface area contributed by atoms with Crippen molar-refractivity contribution in [2.45, 2.75) is 44.7 Å². The van der Waals surface area contributed by atoms with Crippen molar-refractivity contribution in [2.75, 3.05) is 13.2 Å². The van der Waals surface area contributed by atoms with Gasteiger partial charge in [0.05, 0.1) is 6.61 Å². The highest BCUT2D eigenvalue weighted by atomic mass is 16.5. The summed E-state index contributed by atoms with van der Waals surface area (Å²) in [5.74, 6) is -0.745. The first kappa shape index (κ1) is 11.5. The van der Waals surface area contributed by atoms with Crippen LogP contribution in [0, 0.1) is 0 Å². The summed E-state index contributed by atoms with van der Waals surface area (Å²) < 4.78 is 5.39. The fourth-order valence-corrected chi connectivity index (χ4v) is 1.72. The number of aliphatic carboxylic acids is 1. The molecule has 0 aromatic heterocycles. The van der Waals surface area contributed by atoms with Crippen molar-refractivity contribution in [3.8, 4) is 0 Å². The molecule has 0 aliphatic carbocycles. The van der Waals surface area contributed by atoms with Gasteiger partial charge < -0.3 is 9.84 Å². The molecule has 1 heterocycles. The first-order valence-corrected chi connectivity index (χ1v) is 5.30. The third kappa shape index (κ3) is 3.64. The minimum Gasteiger partial charge on any atom is -0.480 e. The largest absolute Gasteiger partial charge is 0.480 e. The Morgan fingerprint density at radius 2 is 2.36 bits per heavy atom. The fourth-order valence-electron chi connectivity index (χ4n) is 1.72. The van der Waals surface area contributed by atoms with Crippen LogP contribution >= 0.6 is 0 Å². The Bertz CT molecular complexity index is 184. The number of carbonyl (C=O) groups is 1. The van der Waals surface area contributed by atoms with Crippen molar-refractivity contribution in [1.29, 1.82) is 0 Å². The summed E-state index contributed by atoms with van der Waals surface area (Å²) in [6.45, 7) is 3.46. The third-order valence-electron chi connectivity index (χ3n) is 2.45. The first-order chi connectivity index (χ1) is 6.74. The average Bonchev–Trinajstić information content (AvgIpc) is 2.19. The monoisotopic (exact) mass is 201 g/mol. The van der Waals surface area contributed by atoms with Gasteiger partial charge >= 0.3 is 5.97 Å². The minimum atomic E-state index is -0.745. The van der Waals surface area contributed by atoms with Crippen LogP contribution in [0.15, 0.2) is 0 Å². The second-order valence-electron chi connectivity index (χ2n) is 3.76. The lowest BCUT2D eigenvalue weighted by Gasteiger charge is -2.28. The van der Waals surface area contributed by atoms with E-state index in [1.54, 1.807) is 0 Å². The van der Waals surface area contributed by atoms with E-state index in [1.165, 1.54) is 0 Å². The van der Waals surface area contributed by atoms with Crippen LogP contribution < -0.4 is 5.32 Å². The lowest BCUT2D eigenvalue weighted by atomic mass is 9.99. The Balaban J connectivity index is 2.22. The molecule has 0 aromatic carbocycles. The van der Waals surface area contributed by atoms with Gasteiger partial charge in [0, 0.05) is 12.6 Å². The average molecular weight is 201 g/mol. The van der Waals surface area contributed by atoms with E-state index in [-0.39, 0.29) is 12.1 Å². The second-order valence-corrected chi connectivity index (χ2v) is 3.76. The van der Waals surface area contributed by atoms with Crippen molar-refractivity contribution < 1.29 is 14.6 Å². The van der Waals surface area contributed by atoms with Crippen LogP contribution in [0.2, 0.25) is 0 Å². The number of nitrogens with one attached hydrogen (secondary N) is 1. The van der Waals surface area contributed by atoms with Crippen molar-refractivity contribution in [3.63, 3.8) is 0 Å². The molecule has 14 heavy (non-hydrogen) atoms. The van der Waals surface area contributed by atoms with Gasteiger partial charge in [0.1, 0.15) is 6.04 Å². The molecule has 1 saturated heterocycles. The summed E-state index contributed by atoms with van der Waals surface area (Å²) in [7, 11) is 0. The molecule has 1 rings (SSSR count). The molecule has 4 heteroatoms. The third-order valence-corrected chi connectivity index (χ3v) is 2.45. The van der Waals surface area contributed by atoms with E-state index in [1.807, 2.05) is 0 Å². The van der Waals surface area contributed by atoms with Crippen molar-refractivity contribution in [3.05, 3.63) is 0 Å². The number of piperidine rings is 1. The molecule has 0 bridgehead atoms. The molecule has 0 spiro atoms. The van der Waals surface area contributed by atoms with Gasteiger partial charge in [0.25, 0.3) is 0 Å². The van der Waals surface area contributed by atoms with E-state index < -0.39 is 5.97 Å². The Labute approximate surface area is 84.6 Å². The standard InChI is InChI=1S/C10H19NO3/c1-2-6-14-7-8-4-3-5-9(11-8)10(12)13/h8-9,11H,2-7H2,1H3,(H,12,13). The zero-order chi connectivity index (χ0) is 10.4. The van der Waals surface area contributed by atoms with Gasteiger partial charge in [-0.25, -0.2) is 0 Å². The molecule has 1 aliphatic heterocycles. The molecule has 1 aliphatic rings. The number of carboxylic acids is 1. The number of hydrogen-bond donors (Lipinski definition) is 2. The lowest BCUT2D eigenvalue weighted by Crippen LogP contribution is -2.48. The Hall–Kier alpha value is -0.610. The topological polar surface area (TPSA) is 58.6 Å². The maximum Gasteiger partial charge on any atom is 0.320 e. The maximum absolute atomic E-state index is 10.7. The molecule has 1 fully saturated rings. The molecule has 0 aromatic rings. The van der Waals surface area contributed by atoms with Crippen LogP contribution in [-0.2, 0) is 9.53 Å². The fraction of sp³-hybridized carbons (Fsp3) is 0.900. The maximum atomic E-state index is 10.7. The summed E-state index contributed by atoms with van der Waals surface area (Å²) in [6.07, 6.45) is 3.74. The normalized spacial score (nSPS) is 27.5. The van der Waals surface area contributed by atoms with E-state index in [0.717, 1.165) is 32.3 Å². The molecule has 2 N–H and O–H groups in total. The summed E-state index contributed by atoms with van der Waals surface area (Å²) in [6, 6.07) is -0.157. The summed E-state index contributed by atoms with van der Waals surface area (Å²) in [4.78, 5) is 10.7. The summed E-state index contributed by atoms with van der Waals surface area (Å²) in [5.41, 5.74) is 0. The molecule has 2 unspecified atom stereocenters. The van der Waals surface area contributed by atoms with Gasteiger partial charge in [-0.05, 0) is 25.7 Å². The molecular formula is C10H19NO3. The van der Waals surface area contributed by atoms with Crippen LogP contribution in [0.25, 0.3) is 0 Å². The quantitative estimate of drug-likeness (QED) is 0.652. The highest BCUT2D eigenvalue weighted by Crippen LogP contribution is 2.13. The number of hydrogen-bond acceptors (Lipinski definition) is 3. The highest BCUT2D eigenvalue weighted by Gasteiger charge is 2.25. The van der Waals surface area contributed by atoms with Gasteiger partial charge in [-0.2, -0.15) is 0 Å². The van der Waals surface area contributed by atoms with Crippen molar-refractivity contribution >= 4 is 5.97 Å². The lowest BCUT2D eigenvalue weighted by molar-refractivity contribution is -0.140. The van der Waals surface area contributed by atoms with Crippen LogP contribution in [-0.4, -0.2) is 36.4 Å². The highest BCUT2D eigenvalue weighted by molar-refractivity contribution is 5.73. The van der Waals surface area contributed by atoms with Crippen molar-refractivity contribution in [1.82, 2.24) is 5.32 Å². The molecule has 4 nitrogen and oxygen atoms in total. The molecule has 0 saturated carbocycles. The van der Waals surface area contributed by atoms with Gasteiger partial charge in [-0.3, -0.25) is 10.1 Å². The van der Waals surface area contributed by atoms with Crippen LogP contribution in [0.5, 0.6) is 0 Å². The second kappa shape index (κ2) is 5.98.